The van der Waals surface area contributed by atoms with Gasteiger partial charge in [0.15, 0.2) is 6.61 Å². The molecule has 0 saturated heterocycles. The molecule has 0 fully saturated rings. The highest BCUT2D eigenvalue weighted by molar-refractivity contribution is 9.10. The van der Waals surface area contributed by atoms with E-state index in [1.807, 2.05) is 17.5 Å². The fourth-order valence-corrected chi connectivity index (χ4v) is 3.03. The summed E-state index contributed by atoms with van der Waals surface area (Å²) in [7, 11) is 0. The van der Waals surface area contributed by atoms with Gasteiger partial charge in [-0.3, -0.25) is 20.4 Å². The van der Waals surface area contributed by atoms with E-state index in [-0.39, 0.29) is 18.9 Å². The second-order valence-corrected chi connectivity index (χ2v) is 6.54. The zero-order valence-electron chi connectivity index (χ0n) is 11.3. The Bertz CT molecular complexity index is 664. The topological polar surface area (TPSA) is 67.4 Å². The van der Waals surface area contributed by atoms with Crippen molar-refractivity contribution >= 4 is 50.7 Å². The van der Waals surface area contributed by atoms with Crippen molar-refractivity contribution in [3.63, 3.8) is 0 Å². The first-order chi connectivity index (χ1) is 10.5. The standard InChI is InChI=1S/C14H12BrClN2O3S/c15-11-6-9(16)3-4-12(11)21-8-14(20)18-17-13(19)7-10-2-1-5-22-10/h1-6H,7-8H2,(H,17,19)(H,18,20). The number of amides is 2. The van der Waals surface area contributed by atoms with Gasteiger partial charge < -0.3 is 4.74 Å². The molecule has 0 aliphatic heterocycles. The highest BCUT2D eigenvalue weighted by Crippen LogP contribution is 2.27. The maximum absolute atomic E-state index is 11.6. The third kappa shape index (κ3) is 5.32. The molecule has 8 heteroatoms. The molecule has 2 rings (SSSR count). The molecule has 1 aromatic heterocycles. The Morgan fingerprint density at radius 3 is 2.68 bits per heavy atom. The summed E-state index contributed by atoms with van der Waals surface area (Å²) >= 11 is 10.6. The summed E-state index contributed by atoms with van der Waals surface area (Å²) in [5.74, 6) is -0.255. The van der Waals surface area contributed by atoms with Crippen LogP contribution in [0.5, 0.6) is 5.75 Å². The molecule has 1 aromatic carbocycles. The number of halogens is 2. The summed E-state index contributed by atoms with van der Waals surface area (Å²) in [6.45, 7) is -0.223. The zero-order chi connectivity index (χ0) is 15.9. The van der Waals surface area contributed by atoms with Gasteiger partial charge >= 0.3 is 0 Å². The van der Waals surface area contributed by atoms with Gasteiger partial charge in [0, 0.05) is 9.90 Å². The first-order valence-corrected chi connectivity index (χ1v) is 8.27. The Labute approximate surface area is 144 Å². The fraction of sp³-hybridized carbons (Fsp3) is 0.143. The predicted octanol–water partition coefficient (Wildman–Crippen LogP) is 2.93. The number of hydrogen-bond donors (Lipinski definition) is 2. The third-order valence-electron chi connectivity index (χ3n) is 2.51. The van der Waals surface area contributed by atoms with Crippen LogP contribution in [0.4, 0.5) is 0 Å². The van der Waals surface area contributed by atoms with Crippen molar-refractivity contribution < 1.29 is 14.3 Å². The Balaban J connectivity index is 1.72. The lowest BCUT2D eigenvalue weighted by Gasteiger charge is -2.09. The molecule has 2 aromatic rings. The number of carbonyl (C=O) groups is 2. The number of hydrogen-bond acceptors (Lipinski definition) is 4. The minimum atomic E-state index is -0.457. The van der Waals surface area contributed by atoms with Crippen LogP contribution in [0.1, 0.15) is 4.88 Å². The Morgan fingerprint density at radius 1 is 1.23 bits per heavy atom. The van der Waals surface area contributed by atoms with Gasteiger partial charge in [-0.1, -0.05) is 17.7 Å². The normalized spacial score (nSPS) is 10.1. The summed E-state index contributed by atoms with van der Waals surface area (Å²) < 4.78 is 5.97. The molecule has 0 radical (unpaired) electrons. The summed E-state index contributed by atoms with van der Waals surface area (Å²) in [6, 6.07) is 8.69. The lowest BCUT2D eigenvalue weighted by Crippen LogP contribution is -2.44. The van der Waals surface area contributed by atoms with Gasteiger partial charge in [-0.05, 0) is 45.6 Å². The minimum absolute atomic E-state index is 0.223. The maximum Gasteiger partial charge on any atom is 0.276 e. The molecule has 0 unspecified atom stereocenters. The van der Waals surface area contributed by atoms with Crippen LogP contribution in [-0.2, 0) is 16.0 Å². The second kappa shape index (κ2) is 8.17. The van der Waals surface area contributed by atoms with E-state index in [2.05, 4.69) is 26.8 Å². The second-order valence-electron chi connectivity index (χ2n) is 4.22. The van der Waals surface area contributed by atoms with Crippen LogP contribution in [0.15, 0.2) is 40.2 Å². The number of ether oxygens (including phenoxy) is 1. The van der Waals surface area contributed by atoms with E-state index >= 15 is 0 Å². The first-order valence-electron chi connectivity index (χ1n) is 6.22. The molecule has 22 heavy (non-hydrogen) atoms. The van der Waals surface area contributed by atoms with Crippen LogP contribution in [0.25, 0.3) is 0 Å². The van der Waals surface area contributed by atoms with Crippen LogP contribution in [0.3, 0.4) is 0 Å². The molecule has 0 saturated carbocycles. The number of hydrazine groups is 1. The molecule has 5 nitrogen and oxygen atoms in total. The Kier molecular flexibility index (Phi) is 6.23. The van der Waals surface area contributed by atoms with Crippen molar-refractivity contribution in [1.29, 1.82) is 0 Å². The van der Waals surface area contributed by atoms with E-state index in [0.29, 0.717) is 15.2 Å². The molecule has 1 heterocycles. The molecule has 0 spiro atoms. The SMILES string of the molecule is O=C(COc1ccc(Cl)cc1Br)NNC(=O)Cc1cccs1. The van der Waals surface area contributed by atoms with E-state index < -0.39 is 5.91 Å². The average molecular weight is 404 g/mol. The molecular formula is C14H12BrClN2O3S. The number of thiophene rings is 1. The molecule has 2 N–H and O–H groups in total. The van der Waals surface area contributed by atoms with Crippen LogP contribution in [0.2, 0.25) is 5.02 Å². The van der Waals surface area contributed by atoms with E-state index in [1.165, 1.54) is 11.3 Å². The monoisotopic (exact) mass is 402 g/mol. The molecule has 116 valence electrons. The summed E-state index contributed by atoms with van der Waals surface area (Å²) in [5, 5.41) is 2.45. The Morgan fingerprint density at radius 2 is 2.00 bits per heavy atom. The third-order valence-corrected chi connectivity index (χ3v) is 4.24. The van der Waals surface area contributed by atoms with Gasteiger partial charge in [0.05, 0.1) is 10.9 Å². The van der Waals surface area contributed by atoms with Crippen LogP contribution in [0, 0.1) is 0 Å². The zero-order valence-corrected chi connectivity index (χ0v) is 14.4. The van der Waals surface area contributed by atoms with E-state index in [4.69, 9.17) is 16.3 Å². The van der Waals surface area contributed by atoms with Crippen molar-refractivity contribution in [3.8, 4) is 5.75 Å². The van der Waals surface area contributed by atoms with Gasteiger partial charge in [0.2, 0.25) is 5.91 Å². The lowest BCUT2D eigenvalue weighted by molar-refractivity contribution is -0.129. The van der Waals surface area contributed by atoms with Crippen molar-refractivity contribution in [3.05, 3.63) is 50.1 Å². The number of carbonyl (C=O) groups excluding carboxylic acids is 2. The number of nitrogens with one attached hydrogen (secondary N) is 2. The van der Waals surface area contributed by atoms with Crippen LogP contribution < -0.4 is 15.6 Å². The van der Waals surface area contributed by atoms with Gasteiger partial charge in [-0.2, -0.15) is 0 Å². The highest BCUT2D eigenvalue weighted by Gasteiger charge is 2.08. The van der Waals surface area contributed by atoms with Gasteiger partial charge in [0.1, 0.15) is 5.75 Å². The summed E-state index contributed by atoms with van der Waals surface area (Å²) in [5.41, 5.74) is 4.63. The van der Waals surface area contributed by atoms with Crippen molar-refractivity contribution in [2.24, 2.45) is 0 Å². The molecule has 0 aliphatic rings. The van der Waals surface area contributed by atoms with Crippen molar-refractivity contribution in [2.45, 2.75) is 6.42 Å². The smallest absolute Gasteiger partial charge is 0.276 e. The van der Waals surface area contributed by atoms with Crippen LogP contribution >= 0.6 is 38.9 Å². The minimum Gasteiger partial charge on any atom is -0.483 e. The lowest BCUT2D eigenvalue weighted by atomic mass is 10.3. The van der Waals surface area contributed by atoms with Crippen LogP contribution in [-0.4, -0.2) is 18.4 Å². The van der Waals surface area contributed by atoms with Gasteiger partial charge in [0.25, 0.3) is 5.91 Å². The van der Waals surface area contributed by atoms with Gasteiger partial charge in [-0.25, -0.2) is 0 Å². The van der Waals surface area contributed by atoms with E-state index in [0.717, 1.165) is 4.88 Å². The maximum atomic E-state index is 11.6. The first kappa shape index (κ1) is 16.8. The number of rotatable bonds is 5. The summed E-state index contributed by atoms with van der Waals surface area (Å²) in [4.78, 5) is 24.1. The molecular weight excluding hydrogens is 392 g/mol. The van der Waals surface area contributed by atoms with Crippen molar-refractivity contribution in [2.75, 3.05) is 6.61 Å². The Hall–Kier alpha value is -1.57. The van der Waals surface area contributed by atoms with E-state index in [9.17, 15) is 9.59 Å². The molecule has 2 amide bonds. The predicted molar refractivity (Wildman–Crippen MR) is 89.0 cm³/mol. The molecule has 0 bridgehead atoms. The summed E-state index contributed by atoms with van der Waals surface area (Å²) in [6.07, 6.45) is 0.224. The highest BCUT2D eigenvalue weighted by atomic mass is 79.9. The quantitative estimate of drug-likeness (QED) is 0.754. The number of benzene rings is 1. The molecule has 0 aliphatic carbocycles. The van der Waals surface area contributed by atoms with E-state index in [1.54, 1.807) is 18.2 Å². The fourth-order valence-electron chi connectivity index (χ4n) is 1.53. The van der Waals surface area contributed by atoms with Gasteiger partial charge in [-0.15, -0.1) is 11.3 Å². The largest absolute Gasteiger partial charge is 0.483 e. The molecule has 0 atom stereocenters. The average Bonchev–Trinajstić information content (AvgIpc) is 2.97. The van der Waals surface area contributed by atoms with Crippen molar-refractivity contribution in [1.82, 2.24) is 10.9 Å².